The number of aryl methyl sites for hydroxylation is 2. The standard InChI is InChI=1S/C13H17N/c1-9(2)13-10(3)7-12(5-6-14)8-11(13)4/h7-9H,5H2,1-4H3. The second kappa shape index (κ2) is 4.28. The molecule has 1 aromatic rings. The Hall–Kier alpha value is -1.29. The average Bonchev–Trinajstić information content (AvgIpc) is 2.01. The van der Waals surface area contributed by atoms with Gasteiger partial charge in [-0.15, -0.1) is 0 Å². The molecule has 1 heteroatoms. The Bertz CT molecular complexity index is 346. The minimum atomic E-state index is 0.514. The van der Waals surface area contributed by atoms with Crippen molar-refractivity contribution in [1.29, 1.82) is 5.26 Å². The van der Waals surface area contributed by atoms with E-state index in [1.54, 1.807) is 0 Å². The molecule has 0 aromatic heterocycles. The Balaban J connectivity index is 3.19. The van der Waals surface area contributed by atoms with Gasteiger partial charge in [0.25, 0.3) is 0 Å². The first-order valence-corrected chi connectivity index (χ1v) is 5.03. The number of hydrogen-bond donors (Lipinski definition) is 0. The van der Waals surface area contributed by atoms with Crippen LogP contribution in [0, 0.1) is 25.2 Å². The van der Waals surface area contributed by atoms with E-state index < -0.39 is 0 Å². The number of benzene rings is 1. The van der Waals surface area contributed by atoms with Gasteiger partial charge in [-0.2, -0.15) is 5.26 Å². The molecule has 0 saturated heterocycles. The molecule has 0 saturated carbocycles. The van der Waals surface area contributed by atoms with Crippen molar-refractivity contribution in [3.8, 4) is 6.07 Å². The van der Waals surface area contributed by atoms with Crippen LogP contribution >= 0.6 is 0 Å². The van der Waals surface area contributed by atoms with Crippen molar-refractivity contribution in [3.05, 3.63) is 34.4 Å². The Morgan fingerprint density at radius 2 is 1.71 bits per heavy atom. The topological polar surface area (TPSA) is 23.8 Å². The number of rotatable bonds is 2. The van der Waals surface area contributed by atoms with Crippen molar-refractivity contribution in [3.63, 3.8) is 0 Å². The predicted molar refractivity (Wildman–Crippen MR) is 59.3 cm³/mol. The molecule has 0 amide bonds. The van der Waals surface area contributed by atoms with Gasteiger partial charge in [-0.3, -0.25) is 0 Å². The molecule has 0 aliphatic heterocycles. The van der Waals surface area contributed by atoms with E-state index in [-0.39, 0.29) is 0 Å². The molecule has 0 spiro atoms. The van der Waals surface area contributed by atoms with Crippen LogP contribution in [0.15, 0.2) is 12.1 Å². The van der Waals surface area contributed by atoms with Gasteiger partial charge in [-0.05, 0) is 42.0 Å². The van der Waals surface area contributed by atoms with E-state index in [0.717, 1.165) is 5.56 Å². The molecule has 0 fully saturated rings. The number of hydrogen-bond acceptors (Lipinski definition) is 1. The highest BCUT2D eigenvalue weighted by atomic mass is 14.2. The van der Waals surface area contributed by atoms with Crippen LogP contribution in [-0.2, 0) is 6.42 Å². The molecule has 1 rings (SSSR count). The highest BCUT2D eigenvalue weighted by molar-refractivity contribution is 5.40. The van der Waals surface area contributed by atoms with Gasteiger partial charge in [-0.25, -0.2) is 0 Å². The molecular weight excluding hydrogens is 170 g/mol. The van der Waals surface area contributed by atoms with Crippen LogP contribution in [0.5, 0.6) is 0 Å². The molecule has 0 N–H and O–H groups in total. The predicted octanol–water partition coefficient (Wildman–Crippen LogP) is 3.49. The second-order valence-electron chi connectivity index (χ2n) is 4.13. The van der Waals surface area contributed by atoms with Gasteiger partial charge in [0.15, 0.2) is 0 Å². The molecule has 0 atom stereocenters. The summed E-state index contributed by atoms with van der Waals surface area (Å²) in [5.74, 6) is 0.561. The van der Waals surface area contributed by atoms with Gasteiger partial charge in [0.1, 0.15) is 0 Å². The van der Waals surface area contributed by atoms with Crippen molar-refractivity contribution in [2.45, 2.75) is 40.0 Å². The van der Waals surface area contributed by atoms with Crippen molar-refractivity contribution in [2.24, 2.45) is 0 Å². The lowest BCUT2D eigenvalue weighted by Crippen LogP contribution is -1.98. The van der Waals surface area contributed by atoms with E-state index in [1.807, 2.05) is 0 Å². The maximum absolute atomic E-state index is 8.63. The van der Waals surface area contributed by atoms with Gasteiger partial charge in [-0.1, -0.05) is 26.0 Å². The average molecular weight is 187 g/mol. The van der Waals surface area contributed by atoms with Gasteiger partial charge in [0.2, 0.25) is 0 Å². The third-order valence-corrected chi connectivity index (χ3v) is 2.51. The zero-order valence-corrected chi connectivity index (χ0v) is 9.39. The summed E-state index contributed by atoms with van der Waals surface area (Å²) >= 11 is 0. The third kappa shape index (κ3) is 2.14. The monoisotopic (exact) mass is 187 g/mol. The van der Waals surface area contributed by atoms with Crippen molar-refractivity contribution in [2.75, 3.05) is 0 Å². The van der Waals surface area contributed by atoms with Gasteiger partial charge in [0.05, 0.1) is 12.5 Å². The summed E-state index contributed by atoms with van der Waals surface area (Å²) in [5.41, 5.74) is 5.18. The Labute approximate surface area is 86.4 Å². The first-order chi connectivity index (χ1) is 6.56. The lowest BCUT2D eigenvalue weighted by atomic mass is 9.91. The number of nitrogens with zero attached hydrogens (tertiary/aromatic N) is 1. The highest BCUT2D eigenvalue weighted by Crippen LogP contribution is 2.24. The fourth-order valence-corrected chi connectivity index (χ4v) is 2.17. The molecule has 0 aliphatic rings. The second-order valence-corrected chi connectivity index (χ2v) is 4.13. The van der Waals surface area contributed by atoms with Gasteiger partial charge >= 0.3 is 0 Å². The van der Waals surface area contributed by atoms with E-state index in [9.17, 15) is 0 Å². The summed E-state index contributed by atoms with van der Waals surface area (Å²) in [7, 11) is 0. The summed E-state index contributed by atoms with van der Waals surface area (Å²) in [6.07, 6.45) is 0.514. The van der Waals surface area contributed by atoms with E-state index in [0.29, 0.717) is 12.3 Å². The summed E-state index contributed by atoms with van der Waals surface area (Å²) < 4.78 is 0. The SMILES string of the molecule is Cc1cc(CC#N)cc(C)c1C(C)C. The summed E-state index contributed by atoms with van der Waals surface area (Å²) in [5, 5.41) is 8.63. The van der Waals surface area contributed by atoms with Crippen LogP contribution in [-0.4, -0.2) is 0 Å². The maximum atomic E-state index is 8.63. The molecule has 0 aliphatic carbocycles. The normalized spacial score (nSPS) is 10.3. The summed E-state index contributed by atoms with van der Waals surface area (Å²) in [6, 6.07) is 6.45. The van der Waals surface area contributed by atoms with E-state index in [4.69, 9.17) is 5.26 Å². The van der Waals surface area contributed by atoms with E-state index in [2.05, 4.69) is 45.9 Å². The fraction of sp³-hybridized carbons (Fsp3) is 0.462. The Morgan fingerprint density at radius 1 is 1.21 bits per heavy atom. The van der Waals surface area contributed by atoms with Crippen LogP contribution in [0.4, 0.5) is 0 Å². The van der Waals surface area contributed by atoms with Crippen LogP contribution in [0.3, 0.4) is 0 Å². The first-order valence-electron chi connectivity index (χ1n) is 5.03. The number of nitriles is 1. The molecule has 0 unspecified atom stereocenters. The minimum Gasteiger partial charge on any atom is -0.198 e. The minimum absolute atomic E-state index is 0.514. The van der Waals surface area contributed by atoms with Crippen LogP contribution in [0.1, 0.15) is 42.0 Å². The molecule has 0 bridgehead atoms. The molecule has 1 nitrogen and oxygen atoms in total. The van der Waals surface area contributed by atoms with Crippen LogP contribution in [0.2, 0.25) is 0 Å². The van der Waals surface area contributed by atoms with Gasteiger partial charge < -0.3 is 0 Å². The summed E-state index contributed by atoms with van der Waals surface area (Å²) in [4.78, 5) is 0. The zero-order chi connectivity index (χ0) is 10.7. The molecular formula is C13H17N. The quantitative estimate of drug-likeness (QED) is 0.695. The van der Waals surface area contributed by atoms with Crippen molar-refractivity contribution in [1.82, 2.24) is 0 Å². The smallest absolute Gasteiger partial charge is 0.0669 e. The first kappa shape index (κ1) is 10.8. The largest absolute Gasteiger partial charge is 0.198 e. The lowest BCUT2D eigenvalue weighted by Gasteiger charge is -2.14. The van der Waals surface area contributed by atoms with E-state index >= 15 is 0 Å². The molecule has 0 radical (unpaired) electrons. The van der Waals surface area contributed by atoms with Crippen molar-refractivity contribution >= 4 is 0 Å². The molecule has 1 aromatic carbocycles. The lowest BCUT2D eigenvalue weighted by molar-refractivity contribution is 0.844. The van der Waals surface area contributed by atoms with Crippen LogP contribution < -0.4 is 0 Å². The molecule has 14 heavy (non-hydrogen) atoms. The highest BCUT2D eigenvalue weighted by Gasteiger charge is 2.08. The fourth-order valence-electron chi connectivity index (χ4n) is 2.17. The molecule has 74 valence electrons. The molecule has 0 heterocycles. The van der Waals surface area contributed by atoms with Gasteiger partial charge in [0, 0.05) is 0 Å². The van der Waals surface area contributed by atoms with Crippen LogP contribution in [0.25, 0.3) is 0 Å². The maximum Gasteiger partial charge on any atom is 0.0669 e. The summed E-state index contributed by atoms with van der Waals surface area (Å²) in [6.45, 7) is 8.67. The third-order valence-electron chi connectivity index (χ3n) is 2.51. The zero-order valence-electron chi connectivity index (χ0n) is 9.39. The Morgan fingerprint density at radius 3 is 2.07 bits per heavy atom. The van der Waals surface area contributed by atoms with Crippen molar-refractivity contribution < 1.29 is 0 Å². The van der Waals surface area contributed by atoms with E-state index in [1.165, 1.54) is 16.7 Å². The Kier molecular flexibility index (Phi) is 3.30.